The lowest BCUT2D eigenvalue weighted by Crippen LogP contribution is -2.15. The molecule has 3 rings (SSSR count). The summed E-state index contributed by atoms with van der Waals surface area (Å²) in [6.07, 6.45) is 0. The van der Waals surface area contributed by atoms with Crippen LogP contribution in [0, 0.1) is 12.7 Å². The molecule has 0 unspecified atom stereocenters. The highest BCUT2D eigenvalue weighted by Gasteiger charge is 2.11. The van der Waals surface area contributed by atoms with Gasteiger partial charge in [0.25, 0.3) is 11.8 Å². The minimum Gasteiger partial charge on any atom is -0.322 e. The average Bonchev–Trinajstić information content (AvgIpc) is 2.65. The fourth-order valence-corrected chi connectivity index (χ4v) is 2.64. The highest BCUT2D eigenvalue weighted by Crippen LogP contribution is 2.21. The zero-order chi connectivity index (χ0) is 19.4. The number of carbonyl (C=O) groups excluding carboxylic acids is 2. The standard InChI is InChI=1S/C21H16ClFN2O2/c1-13-5-10-16(22)11-19(13)25-21(27)15-8-6-14(7-9-15)20(26)24-18-4-2-3-17(23)12-18/h2-12H,1H3,(H,24,26)(H,25,27). The molecule has 4 nitrogen and oxygen atoms in total. The zero-order valence-corrected chi connectivity index (χ0v) is 15.2. The van der Waals surface area contributed by atoms with E-state index in [0.29, 0.717) is 27.5 Å². The SMILES string of the molecule is Cc1ccc(Cl)cc1NC(=O)c1ccc(C(=O)Nc2cccc(F)c2)cc1. The number of nitrogens with one attached hydrogen (secondary N) is 2. The first-order valence-corrected chi connectivity index (χ1v) is 8.54. The third-order valence-electron chi connectivity index (χ3n) is 3.94. The summed E-state index contributed by atoms with van der Waals surface area (Å²) in [5.41, 5.74) is 2.63. The van der Waals surface area contributed by atoms with Crippen LogP contribution in [0.15, 0.2) is 66.7 Å². The lowest BCUT2D eigenvalue weighted by atomic mass is 10.1. The summed E-state index contributed by atoms with van der Waals surface area (Å²) < 4.78 is 13.2. The maximum Gasteiger partial charge on any atom is 0.255 e. The van der Waals surface area contributed by atoms with Crippen molar-refractivity contribution in [2.75, 3.05) is 10.6 Å². The van der Waals surface area contributed by atoms with Crippen molar-refractivity contribution in [2.24, 2.45) is 0 Å². The minimum atomic E-state index is -0.434. The van der Waals surface area contributed by atoms with E-state index in [4.69, 9.17) is 11.6 Å². The van der Waals surface area contributed by atoms with Gasteiger partial charge in [0, 0.05) is 27.5 Å². The summed E-state index contributed by atoms with van der Waals surface area (Å²) in [6, 6.07) is 17.0. The number of anilines is 2. The van der Waals surface area contributed by atoms with Crippen LogP contribution in [0.2, 0.25) is 5.02 Å². The summed E-state index contributed by atoms with van der Waals surface area (Å²) in [5, 5.41) is 5.93. The van der Waals surface area contributed by atoms with E-state index in [2.05, 4.69) is 10.6 Å². The van der Waals surface area contributed by atoms with Crippen LogP contribution in [0.5, 0.6) is 0 Å². The monoisotopic (exact) mass is 382 g/mol. The topological polar surface area (TPSA) is 58.2 Å². The molecule has 0 aromatic heterocycles. The Morgan fingerprint density at radius 2 is 1.48 bits per heavy atom. The molecule has 3 aromatic rings. The van der Waals surface area contributed by atoms with Gasteiger partial charge in [0.15, 0.2) is 0 Å². The number of aryl methyl sites for hydroxylation is 1. The van der Waals surface area contributed by atoms with Gasteiger partial charge in [-0.3, -0.25) is 9.59 Å². The first kappa shape index (κ1) is 18.6. The first-order valence-electron chi connectivity index (χ1n) is 8.17. The van der Waals surface area contributed by atoms with Crippen LogP contribution in [0.3, 0.4) is 0 Å². The van der Waals surface area contributed by atoms with Crippen molar-refractivity contribution < 1.29 is 14.0 Å². The summed E-state index contributed by atoms with van der Waals surface area (Å²) >= 11 is 5.96. The predicted molar refractivity (Wildman–Crippen MR) is 105 cm³/mol. The predicted octanol–water partition coefficient (Wildman–Crippen LogP) is 5.29. The van der Waals surface area contributed by atoms with E-state index in [1.165, 1.54) is 30.3 Å². The Kier molecular flexibility index (Phi) is 5.52. The second kappa shape index (κ2) is 8.01. The number of amides is 2. The van der Waals surface area contributed by atoms with E-state index in [0.717, 1.165) is 5.56 Å². The van der Waals surface area contributed by atoms with E-state index in [1.54, 1.807) is 30.3 Å². The molecule has 6 heteroatoms. The molecule has 0 radical (unpaired) electrons. The number of carbonyl (C=O) groups is 2. The summed E-state index contributed by atoms with van der Waals surface area (Å²) in [4.78, 5) is 24.6. The van der Waals surface area contributed by atoms with Crippen LogP contribution < -0.4 is 10.6 Å². The average molecular weight is 383 g/mol. The molecule has 0 atom stereocenters. The lowest BCUT2D eigenvalue weighted by Gasteiger charge is -2.10. The summed E-state index contributed by atoms with van der Waals surface area (Å²) in [7, 11) is 0. The zero-order valence-electron chi connectivity index (χ0n) is 14.4. The van der Waals surface area contributed by atoms with E-state index in [1.807, 2.05) is 13.0 Å². The van der Waals surface area contributed by atoms with Crippen LogP contribution >= 0.6 is 11.6 Å². The van der Waals surface area contributed by atoms with Gasteiger partial charge < -0.3 is 10.6 Å². The van der Waals surface area contributed by atoms with Crippen molar-refractivity contribution in [3.8, 4) is 0 Å². The molecule has 0 heterocycles. The quantitative estimate of drug-likeness (QED) is 0.644. The van der Waals surface area contributed by atoms with Crippen LogP contribution in [0.1, 0.15) is 26.3 Å². The van der Waals surface area contributed by atoms with Crippen molar-refractivity contribution >= 4 is 34.8 Å². The second-order valence-electron chi connectivity index (χ2n) is 5.96. The number of rotatable bonds is 4. The van der Waals surface area contributed by atoms with Gasteiger partial charge >= 0.3 is 0 Å². The smallest absolute Gasteiger partial charge is 0.255 e. The van der Waals surface area contributed by atoms with E-state index >= 15 is 0 Å². The Bertz CT molecular complexity index is 1000. The molecule has 0 aliphatic heterocycles. The minimum absolute atomic E-state index is 0.308. The Morgan fingerprint density at radius 1 is 0.852 bits per heavy atom. The highest BCUT2D eigenvalue weighted by atomic mass is 35.5. The molecule has 0 bridgehead atoms. The fourth-order valence-electron chi connectivity index (χ4n) is 2.47. The second-order valence-corrected chi connectivity index (χ2v) is 6.39. The van der Waals surface area contributed by atoms with Crippen molar-refractivity contribution in [1.82, 2.24) is 0 Å². The summed E-state index contributed by atoms with van der Waals surface area (Å²) in [5.74, 6) is -1.13. The number of halogens is 2. The van der Waals surface area contributed by atoms with Crippen molar-refractivity contribution in [3.63, 3.8) is 0 Å². The molecule has 136 valence electrons. The van der Waals surface area contributed by atoms with Crippen molar-refractivity contribution in [2.45, 2.75) is 6.92 Å². The third-order valence-corrected chi connectivity index (χ3v) is 4.17. The maximum absolute atomic E-state index is 13.2. The molecule has 27 heavy (non-hydrogen) atoms. The first-order chi connectivity index (χ1) is 12.9. The Balaban J connectivity index is 1.70. The van der Waals surface area contributed by atoms with Crippen LogP contribution in [0.25, 0.3) is 0 Å². The highest BCUT2D eigenvalue weighted by molar-refractivity contribution is 6.31. The van der Waals surface area contributed by atoms with Gasteiger partial charge in [-0.2, -0.15) is 0 Å². The molecule has 0 saturated heterocycles. The van der Waals surface area contributed by atoms with Gasteiger partial charge in [0.1, 0.15) is 5.82 Å². The molecule has 0 saturated carbocycles. The van der Waals surface area contributed by atoms with Crippen molar-refractivity contribution in [3.05, 3.63) is 94.3 Å². The van der Waals surface area contributed by atoms with Crippen molar-refractivity contribution in [1.29, 1.82) is 0 Å². The lowest BCUT2D eigenvalue weighted by molar-refractivity contribution is 0.101. The summed E-state index contributed by atoms with van der Waals surface area (Å²) in [6.45, 7) is 1.87. The largest absolute Gasteiger partial charge is 0.322 e. The molecular weight excluding hydrogens is 367 g/mol. The van der Waals surface area contributed by atoms with Gasteiger partial charge in [-0.15, -0.1) is 0 Å². The molecule has 0 spiro atoms. The van der Waals surface area contributed by atoms with Gasteiger partial charge in [0.2, 0.25) is 0 Å². The Labute approximate surface area is 161 Å². The van der Waals surface area contributed by atoms with Crippen LogP contribution in [-0.4, -0.2) is 11.8 Å². The van der Waals surface area contributed by atoms with Gasteiger partial charge in [-0.1, -0.05) is 23.7 Å². The Hall–Kier alpha value is -3.18. The normalized spacial score (nSPS) is 10.3. The van der Waals surface area contributed by atoms with Gasteiger partial charge in [-0.05, 0) is 67.1 Å². The van der Waals surface area contributed by atoms with E-state index in [9.17, 15) is 14.0 Å². The van der Waals surface area contributed by atoms with Gasteiger partial charge in [0.05, 0.1) is 0 Å². The number of hydrogen-bond donors (Lipinski definition) is 2. The van der Waals surface area contributed by atoms with E-state index in [-0.39, 0.29) is 5.91 Å². The van der Waals surface area contributed by atoms with Crippen LogP contribution in [0.4, 0.5) is 15.8 Å². The molecule has 3 aromatic carbocycles. The third kappa shape index (κ3) is 4.71. The number of hydrogen-bond acceptors (Lipinski definition) is 2. The molecule has 2 N–H and O–H groups in total. The molecule has 0 aliphatic rings. The molecule has 0 aliphatic carbocycles. The van der Waals surface area contributed by atoms with Gasteiger partial charge in [-0.25, -0.2) is 4.39 Å². The molecule has 0 fully saturated rings. The number of benzene rings is 3. The molecule has 2 amide bonds. The van der Waals surface area contributed by atoms with Crippen LogP contribution in [-0.2, 0) is 0 Å². The van der Waals surface area contributed by atoms with E-state index < -0.39 is 11.7 Å². The fraction of sp³-hybridized carbons (Fsp3) is 0.0476. The maximum atomic E-state index is 13.2. The molecular formula is C21H16ClFN2O2. The Morgan fingerprint density at radius 3 is 2.11 bits per heavy atom.